The smallest absolute Gasteiger partial charge is 0.259 e. The summed E-state index contributed by atoms with van der Waals surface area (Å²) in [5, 5.41) is 11.3. The van der Waals surface area contributed by atoms with E-state index in [9.17, 15) is 9.90 Å². The van der Waals surface area contributed by atoms with Crippen molar-refractivity contribution in [2.45, 2.75) is 38.3 Å². The maximum absolute atomic E-state index is 12.8. The van der Waals surface area contributed by atoms with Crippen molar-refractivity contribution in [2.75, 3.05) is 33.4 Å². The van der Waals surface area contributed by atoms with Crippen LogP contribution in [0.2, 0.25) is 0 Å². The zero-order valence-electron chi connectivity index (χ0n) is 17.8. The normalized spacial score (nSPS) is 14.7. The summed E-state index contributed by atoms with van der Waals surface area (Å²) in [6.07, 6.45) is 3.64. The van der Waals surface area contributed by atoms with Crippen molar-refractivity contribution in [3.8, 4) is 5.75 Å². The number of aromatic nitrogens is 2. The standard InChI is InChI=1S/C23H29N3O4S/c1-29-12-11-26(13-16(27)15-30-17-7-3-2-4-8-17)14-20-24-22(28)21-18-9-5-6-10-19(18)31-23(21)25-20/h2-4,7-8,16,27H,5-6,9-15H2,1H3,(H,24,25,28)/t16-/m0/s1. The van der Waals surface area contributed by atoms with Crippen LogP contribution in [0.5, 0.6) is 5.75 Å². The average Bonchev–Trinajstić information content (AvgIpc) is 3.15. The molecule has 0 saturated carbocycles. The molecule has 2 N–H and O–H groups in total. The van der Waals surface area contributed by atoms with Crippen LogP contribution in [-0.4, -0.2) is 59.5 Å². The first-order valence-corrected chi connectivity index (χ1v) is 11.6. The molecule has 2 aromatic heterocycles. The second-order valence-corrected chi connectivity index (χ2v) is 8.99. The van der Waals surface area contributed by atoms with Gasteiger partial charge in [-0.25, -0.2) is 4.98 Å². The lowest BCUT2D eigenvalue weighted by Gasteiger charge is -2.24. The number of aliphatic hydroxyl groups excluding tert-OH is 1. The summed E-state index contributed by atoms with van der Waals surface area (Å²) >= 11 is 1.65. The van der Waals surface area contributed by atoms with Crippen molar-refractivity contribution in [2.24, 2.45) is 0 Å². The Kier molecular flexibility index (Phi) is 7.34. The van der Waals surface area contributed by atoms with Gasteiger partial charge in [0.05, 0.1) is 18.5 Å². The molecule has 1 atom stereocenters. The fraction of sp³-hybridized carbons (Fsp3) is 0.478. The molecule has 3 aromatic rings. The molecule has 0 saturated heterocycles. The van der Waals surface area contributed by atoms with Crippen molar-refractivity contribution in [1.29, 1.82) is 0 Å². The topological polar surface area (TPSA) is 87.7 Å². The van der Waals surface area contributed by atoms with Gasteiger partial charge in [0.25, 0.3) is 5.56 Å². The van der Waals surface area contributed by atoms with E-state index in [1.807, 2.05) is 35.2 Å². The van der Waals surface area contributed by atoms with Crippen LogP contribution in [0.25, 0.3) is 10.2 Å². The van der Waals surface area contributed by atoms with Crippen LogP contribution in [0.15, 0.2) is 35.1 Å². The number of thiophene rings is 1. The summed E-state index contributed by atoms with van der Waals surface area (Å²) in [6, 6.07) is 9.44. The molecule has 0 aliphatic heterocycles. The third-order valence-corrected chi connectivity index (χ3v) is 6.70. The number of rotatable bonds is 10. The lowest BCUT2D eigenvalue weighted by Crippen LogP contribution is -2.38. The highest BCUT2D eigenvalue weighted by molar-refractivity contribution is 7.18. The number of nitrogens with one attached hydrogen (secondary N) is 1. The molecule has 1 aromatic carbocycles. The van der Waals surface area contributed by atoms with Crippen molar-refractivity contribution in [1.82, 2.24) is 14.9 Å². The molecule has 7 nitrogen and oxygen atoms in total. The molecule has 4 rings (SSSR count). The predicted molar refractivity (Wildman–Crippen MR) is 122 cm³/mol. The first kappa shape index (κ1) is 22.0. The van der Waals surface area contributed by atoms with Crippen LogP contribution in [0.4, 0.5) is 0 Å². The number of aliphatic hydroxyl groups is 1. The first-order chi connectivity index (χ1) is 15.1. The molecule has 2 heterocycles. The number of hydrogen-bond acceptors (Lipinski definition) is 7. The monoisotopic (exact) mass is 443 g/mol. The van der Waals surface area contributed by atoms with Crippen LogP contribution in [0.3, 0.4) is 0 Å². The largest absolute Gasteiger partial charge is 0.491 e. The lowest BCUT2D eigenvalue weighted by molar-refractivity contribution is 0.0533. The van der Waals surface area contributed by atoms with Gasteiger partial charge in [0, 0.05) is 25.1 Å². The molecule has 31 heavy (non-hydrogen) atoms. The summed E-state index contributed by atoms with van der Waals surface area (Å²) in [4.78, 5) is 24.7. The van der Waals surface area contributed by atoms with E-state index in [0.717, 1.165) is 35.2 Å². The van der Waals surface area contributed by atoms with E-state index in [0.29, 0.717) is 32.1 Å². The second kappa shape index (κ2) is 10.4. The number of nitrogens with zero attached hydrogens (tertiary/aromatic N) is 2. The molecule has 0 spiro atoms. The Morgan fingerprint density at radius 2 is 2.06 bits per heavy atom. The Morgan fingerprint density at radius 3 is 2.87 bits per heavy atom. The maximum Gasteiger partial charge on any atom is 0.259 e. The number of ether oxygens (including phenoxy) is 2. The van der Waals surface area contributed by atoms with Crippen molar-refractivity contribution < 1.29 is 14.6 Å². The number of aromatic amines is 1. The Bertz CT molecular complexity index is 1050. The van der Waals surface area contributed by atoms with Gasteiger partial charge in [0.2, 0.25) is 0 Å². The molecule has 0 radical (unpaired) electrons. The fourth-order valence-corrected chi connectivity index (χ4v) is 5.29. The van der Waals surface area contributed by atoms with Gasteiger partial charge in [0.1, 0.15) is 29.1 Å². The van der Waals surface area contributed by atoms with E-state index in [1.54, 1.807) is 18.4 Å². The fourth-order valence-electron chi connectivity index (χ4n) is 4.01. The highest BCUT2D eigenvalue weighted by Gasteiger charge is 2.21. The third kappa shape index (κ3) is 5.51. The van der Waals surface area contributed by atoms with E-state index in [2.05, 4.69) is 4.98 Å². The molecule has 1 aliphatic rings. The molecule has 1 aliphatic carbocycles. The minimum Gasteiger partial charge on any atom is -0.491 e. The van der Waals surface area contributed by atoms with Gasteiger partial charge in [0.15, 0.2) is 0 Å². The SMILES string of the molecule is COCCN(Cc1nc2sc3c(c2c(=O)[nH]1)CCCC3)C[C@H](O)COc1ccccc1. The number of hydrogen-bond donors (Lipinski definition) is 2. The van der Waals surface area contributed by atoms with E-state index in [1.165, 1.54) is 16.9 Å². The Hall–Kier alpha value is -2.26. The number of methoxy groups -OCH3 is 1. The van der Waals surface area contributed by atoms with Crippen LogP contribution in [0.1, 0.15) is 29.1 Å². The number of fused-ring (bicyclic) bond motifs is 3. The van der Waals surface area contributed by atoms with Gasteiger partial charge in [-0.1, -0.05) is 18.2 Å². The highest BCUT2D eigenvalue weighted by atomic mass is 32.1. The van der Waals surface area contributed by atoms with Crippen LogP contribution in [0, 0.1) is 0 Å². The van der Waals surface area contributed by atoms with Gasteiger partial charge in [-0.05, 0) is 43.4 Å². The van der Waals surface area contributed by atoms with Gasteiger partial charge >= 0.3 is 0 Å². The third-order valence-electron chi connectivity index (χ3n) is 5.51. The number of para-hydroxylation sites is 1. The zero-order valence-corrected chi connectivity index (χ0v) is 18.6. The van der Waals surface area contributed by atoms with E-state index >= 15 is 0 Å². The van der Waals surface area contributed by atoms with E-state index in [-0.39, 0.29) is 12.2 Å². The molecule has 0 bridgehead atoms. The van der Waals surface area contributed by atoms with Crippen LogP contribution in [-0.2, 0) is 24.1 Å². The lowest BCUT2D eigenvalue weighted by atomic mass is 9.97. The molecule has 166 valence electrons. The predicted octanol–water partition coefficient (Wildman–Crippen LogP) is 2.75. The van der Waals surface area contributed by atoms with Gasteiger partial charge < -0.3 is 19.6 Å². The molecular weight excluding hydrogens is 414 g/mol. The first-order valence-electron chi connectivity index (χ1n) is 10.7. The zero-order chi connectivity index (χ0) is 21.6. The van der Waals surface area contributed by atoms with Gasteiger partial charge in [-0.3, -0.25) is 9.69 Å². The Morgan fingerprint density at radius 1 is 1.26 bits per heavy atom. The van der Waals surface area contributed by atoms with Crippen molar-refractivity contribution >= 4 is 21.6 Å². The summed E-state index contributed by atoms with van der Waals surface area (Å²) < 4.78 is 10.9. The molecule has 0 amide bonds. The second-order valence-electron chi connectivity index (χ2n) is 7.91. The maximum atomic E-state index is 12.8. The Balaban J connectivity index is 1.45. The Labute approximate surface area is 185 Å². The minimum absolute atomic E-state index is 0.0564. The minimum atomic E-state index is -0.679. The van der Waals surface area contributed by atoms with Gasteiger partial charge in [-0.15, -0.1) is 11.3 Å². The number of benzene rings is 1. The average molecular weight is 444 g/mol. The van der Waals surface area contributed by atoms with E-state index < -0.39 is 6.10 Å². The summed E-state index contributed by atoms with van der Waals surface area (Å²) in [6.45, 7) is 2.14. The van der Waals surface area contributed by atoms with E-state index in [4.69, 9.17) is 14.5 Å². The molecule has 0 fully saturated rings. The quantitative estimate of drug-likeness (QED) is 0.501. The van der Waals surface area contributed by atoms with Crippen LogP contribution < -0.4 is 10.3 Å². The van der Waals surface area contributed by atoms with Gasteiger partial charge in [-0.2, -0.15) is 0 Å². The highest BCUT2D eigenvalue weighted by Crippen LogP contribution is 2.33. The molecular formula is C23H29N3O4S. The number of aryl methyl sites for hydroxylation is 2. The van der Waals surface area contributed by atoms with Crippen LogP contribution >= 0.6 is 11.3 Å². The summed E-state index contributed by atoms with van der Waals surface area (Å²) in [5.41, 5.74) is 1.13. The summed E-state index contributed by atoms with van der Waals surface area (Å²) in [7, 11) is 1.65. The molecule has 0 unspecified atom stereocenters. The van der Waals surface area contributed by atoms with Crippen molar-refractivity contribution in [3.05, 3.63) is 57.0 Å². The number of H-pyrrole nitrogens is 1. The molecule has 8 heteroatoms. The summed E-state index contributed by atoms with van der Waals surface area (Å²) in [5.74, 6) is 1.34. The van der Waals surface area contributed by atoms with Crippen molar-refractivity contribution in [3.63, 3.8) is 0 Å².